The van der Waals surface area contributed by atoms with Gasteiger partial charge in [-0.2, -0.15) is 18.3 Å². The van der Waals surface area contributed by atoms with Crippen LogP contribution in [0.2, 0.25) is 0 Å². The van der Waals surface area contributed by atoms with Gasteiger partial charge in [0.25, 0.3) is 5.78 Å². The molecule has 2 heterocycles. The molecular formula is C9H10F2N4O. The molecular weight excluding hydrogens is 218 g/mol. The van der Waals surface area contributed by atoms with Crippen LogP contribution in [0.5, 0.6) is 5.88 Å². The first-order valence-corrected chi connectivity index (χ1v) is 4.75. The Morgan fingerprint density at radius 1 is 1.44 bits per heavy atom. The van der Waals surface area contributed by atoms with E-state index >= 15 is 0 Å². The van der Waals surface area contributed by atoms with Gasteiger partial charge in [-0.3, -0.25) is 0 Å². The van der Waals surface area contributed by atoms with E-state index in [1.807, 2.05) is 0 Å². The molecule has 0 amide bonds. The zero-order valence-electron chi connectivity index (χ0n) is 8.78. The summed E-state index contributed by atoms with van der Waals surface area (Å²) in [6, 6.07) is 1.33. The molecule has 2 aromatic rings. The molecule has 2 rings (SSSR count). The molecule has 0 aliphatic carbocycles. The Kier molecular flexibility index (Phi) is 2.25. The van der Waals surface area contributed by atoms with Gasteiger partial charge in [-0.05, 0) is 6.92 Å². The number of aryl methyl sites for hydroxylation is 1. The number of alkyl halides is 2. The van der Waals surface area contributed by atoms with E-state index in [0.717, 1.165) is 4.52 Å². The minimum absolute atomic E-state index is 0.0272. The summed E-state index contributed by atoms with van der Waals surface area (Å²) in [6.45, 7) is 2.97. The van der Waals surface area contributed by atoms with Crippen molar-refractivity contribution in [2.45, 2.75) is 26.2 Å². The van der Waals surface area contributed by atoms with Gasteiger partial charge in [0.1, 0.15) is 0 Å². The van der Waals surface area contributed by atoms with Crippen LogP contribution in [-0.2, 0) is 5.92 Å². The maximum Gasteiger partial charge on any atom is 0.308 e. The van der Waals surface area contributed by atoms with E-state index in [2.05, 4.69) is 15.1 Å². The number of aromatic nitrogens is 4. The molecule has 0 saturated carbocycles. The van der Waals surface area contributed by atoms with E-state index in [0.29, 0.717) is 5.69 Å². The molecule has 0 spiro atoms. The first-order valence-electron chi connectivity index (χ1n) is 4.75. The Hall–Kier alpha value is -1.79. The molecule has 0 bridgehead atoms. The average Bonchev–Trinajstić information content (AvgIpc) is 2.62. The van der Waals surface area contributed by atoms with E-state index in [-0.39, 0.29) is 11.7 Å². The van der Waals surface area contributed by atoms with Crippen molar-refractivity contribution in [3.8, 4) is 5.88 Å². The minimum Gasteiger partial charge on any atom is -0.493 e. The van der Waals surface area contributed by atoms with Crippen molar-refractivity contribution in [1.29, 1.82) is 0 Å². The third-order valence-electron chi connectivity index (χ3n) is 2.19. The fraction of sp³-hybridized carbons (Fsp3) is 0.444. The van der Waals surface area contributed by atoms with E-state index in [4.69, 9.17) is 0 Å². The summed E-state index contributed by atoms with van der Waals surface area (Å²) >= 11 is 0. The van der Waals surface area contributed by atoms with Gasteiger partial charge in [0.15, 0.2) is 0 Å². The highest BCUT2D eigenvalue weighted by Gasteiger charge is 2.34. The van der Waals surface area contributed by atoms with Crippen LogP contribution in [0, 0.1) is 6.92 Å². The van der Waals surface area contributed by atoms with E-state index < -0.39 is 18.2 Å². The summed E-state index contributed by atoms with van der Waals surface area (Å²) in [7, 11) is 0. The zero-order chi connectivity index (χ0) is 11.9. The molecule has 0 aliphatic rings. The highest BCUT2D eigenvalue weighted by molar-refractivity contribution is 5.34. The van der Waals surface area contributed by atoms with Gasteiger partial charge in [0, 0.05) is 18.2 Å². The van der Waals surface area contributed by atoms with Gasteiger partial charge in [0.2, 0.25) is 11.7 Å². The molecule has 7 heteroatoms. The lowest BCUT2D eigenvalue weighted by Gasteiger charge is -2.07. The number of hydrogen-bond acceptors (Lipinski definition) is 4. The number of aromatic hydroxyl groups is 1. The van der Waals surface area contributed by atoms with Crippen LogP contribution in [-0.4, -0.2) is 24.7 Å². The number of rotatable bonds is 2. The summed E-state index contributed by atoms with van der Waals surface area (Å²) in [6.07, 6.45) is -0.399. The maximum absolute atomic E-state index is 13.3. The topological polar surface area (TPSA) is 63.3 Å². The van der Waals surface area contributed by atoms with Crippen molar-refractivity contribution < 1.29 is 13.9 Å². The van der Waals surface area contributed by atoms with Crippen molar-refractivity contribution in [2.24, 2.45) is 0 Å². The van der Waals surface area contributed by atoms with Crippen LogP contribution in [0.25, 0.3) is 5.78 Å². The highest BCUT2D eigenvalue weighted by Crippen LogP contribution is 2.29. The standard InChI is InChI=1S/C9H10F2N4O/c1-3-9(10,11)7-13-8-12-5(2)4-6(16)15(8)14-7/h4,16H,3H2,1-2H3. The number of nitrogens with zero attached hydrogens (tertiary/aromatic N) is 4. The molecule has 5 nitrogen and oxygen atoms in total. The second kappa shape index (κ2) is 3.36. The van der Waals surface area contributed by atoms with Gasteiger partial charge in [0.05, 0.1) is 0 Å². The largest absolute Gasteiger partial charge is 0.493 e. The Morgan fingerprint density at radius 3 is 2.75 bits per heavy atom. The molecule has 0 fully saturated rings. The predicted molar refractivity (Wildman–Crippen MR) is 51.4 cm³/mol. The second-order valence-corrected chi connectivity index (χ2v) is 3.46. The fourth-order valence-electron chi connectivity index (χ4n) is 1.28. The molecule has 0 radical (unpaired) electrons. The molecule has 86 valence electrons. The second-order valence-electron chi connectivity index (χ2n) is 3.46. The summed E-state index contributed by atoms with van der Waals surface area (Å²) < 4.78 is 27.5. The fourth-order valence-corrected chi connectivity index (χ4v) is 1.28. The Morgan fingerprint density at radius 2 is 2.12 bits per heavy atom. The Balaban J connectivity index is 2.65. The quantitative estimate of drug-likeness (QED) is 0.848. The monoisotopic (exact) mass is 228 g/mol. The van der Waals surface area contributed by atoms with Gasteiger partial charge < -0.3 is 5.11 Å². The van der Waals surface area contributed by atoms with Crippen LogP contribution >= 0.6 is 0 Å². The third kappa shape index (κ3) is 1.58. The van der Waals surface area contributed by atoms with Crippen LogP contribution in [0.4, 0.5) is 8.78 Å². The summed E-state index contributed by atoms with van der Waals surface area (Å²) in [5.41, 5.74) is 0.490. The summed E-state index contributed by atoms with van der Waals surface area (Å²) in [5.74, 6) is -4.01. The van der Waals surface area contributed by atoms with E-state index in [1.165, 1.54) is 13.0 Å². The lowest BCUT2D eigenvalue weighted by atomic mass is 10.2. The smallest absolute Gasteiger partial charge is 0.308 e. The van der Waals surface area contributed by atoms with Crippen molar-refractivity contribution >= 4 is 5.78 Å². The van der Waals surface area contributed by atoms with Crippen molar-refractivity contribution in [3.05, 3.63) is 17.6 Å². The molecule has 16 heavy (non-hydrogen) atoms. The number of halogens is 2. The molecule has 0 saturated heterocycles. The van der Waals surface area contributed by atoms with Gasteiger partial charge in [-0.15, -0.1) is 5.10 Å². The molecule has 1 N–H and O–H groups in total. The van der Waals surface area contributed by atoms with E-state index in [9.17, 15) is 13.9 Å². The third-order valence-corrected chi connectivity index (χ3v) is 2.19. The van der Waals surface area contributed by atoms with Crippen LogP contribution in [0.15, 0.2) is 6.07 Å². The Bertz CT molecular complexity index is 538. The molecule has 0 aromatic carbocycles. The lowest BCUT2D eigenvalue weighted by molar-refractivity contribution is -0.0173. The summed E-state index contributed by atoms with van der Waals surface area (Å²) in [4.78, 5) is 7.51. The highest BCUT2D eigenvalue weighted by atomic mass is 19.3. The lowest BCUT2D eigenvalue weighted by Crippen LogP contribution is -2.13. The normalized spacial score (nSPS) is 12.2. The Labute approximate surface area is 89.8 Å². The maximum atomic E-state index is 13.3. The van der Waals surface area contributed by atoms with Gasteiger partial charge >= 0.3 is 5.92 Å². The van der Waals surface area contributed by atoms with Crippen LogP contribution in [0.3, 0.4) is 0 Å². The number of fused-ring (bicyclic) bond motifs is 1. The SMILES string of the molecule is CCC(F)(F)c1nc2nc(C)cc(O)n2n1. The molecule has 0 aliphatic heterocycles. The van der Waals surface area contributed by atoms with Crippen molar-refractivity contribution in [2.75, 3.05) is 0 Å². The zero-order valence-corrected chi connectivity index (χ0v) is 8.78. The summed E-state index contributed by atoms with van der Waals surface area (Å²) in [5, 5.41) is 13.0. The first-order chi connectivity index (χ1) is 7.44. The van der Waals surface area contributed by atoms with Crippen LogP contribution < -0.4 is 0 Å². The van der Waals surface area contributed by atoms with Crippen molar-refractivity contribution in [3.63, 3.8) is 0 Å². The van der Waals surface area contributed by atoms with Crippen LogP contribution in [0.1, 0.15) is 24.9 Å². The van der Waals surface area contributed by atoms with Gasteiger partial charge in [-0.1, -0.05) is 6.92 Å². The average molecular weight is 228 g/mol. The first kappa shape index (κ1) is 10.7. The van der Waals surface area contributed by atoms with Gasteiger partial charge in [-0.25, -0.2) is 4.98 Å². The molecule has 0 atom stereocenters. The number of hydrogen-bond donors (Lipinski definition) is 1. The molecule has 0 unspecified atom stereocenters. The minimum atomic E-state index is -3.10. The van der Waals surface area contributed by atoms with E-state index in [1.54, 1.807) is 6.92 Å². The predicted octanol–water partition coefficient (Wildman–Crippen LogP) is 1.64. The molecule has 2 aromatic heterocycles. The van der Waals surface area contributed by atoms with Crippen molar-refractivity contribution in [1.82, 2.24) is 19.6 Å².